The van der Waals surface area contributed by atoms with Crippen LogP contribution in [-0.4, -0.2) is 48.4 Å². The third kappa shape index (κ3) is 3.50. The van der Waals surface area contributed by atoms with Crippen LogP contribution in [0.1, 0.15) is 10.5 Å². The van der Waals surface area contributed by atoms with E-state index in [1.807, 2.05) is 0 Å². The fourth-order valence-corrected chi connectivity index (χ4v) is 1.93. The van der Waals surface area contributed by atoms with Crippen LogP contribution in [0.2, 0.25) is 0 Å². The van der Waals surface area contributed by atoms with Crippen LogP contribution < -0.4 is 14.9 Å². The molecule has 0 unspecified atom stereocenters. The molecule has 0 N–H and O–H groups in total. The van der Waals surface area contributed by atoms with Gasteiger partial charge in [0.1, 0.15) is 5.69 Å². The molecule has 0 atom stereocenters. The molecule has 0 aliphatic heterocycles. The standard InChI is InChI=1S/C15H15F2N3O4/c1-19(2)14(22)12-13(21)11(23-3)8-20(18-12)9-6-4-5-7-10(9)24-15(16)17/h4-8,15H,1-3H3. The van der Waals surface area contributed by atoms with Crippen molar-refractivity contribution in [2.24, 2.45) is 0 Å². The van der Waals surface area contributed by atoms with E-state index in [0.29, 0.717) is 0 Å². The molecular formula is C15H15F2N3O4. The van der Waals surface area contributed by atoms with Crippen molar-refractivity contribution in [3.63, 3.8) is 0 Å². The molecule has 0 fully saturated rings. The average molecular weight is 339 g/mol. The molecule has 0 saturated heterocycles. The van der Waals surface area contributed by atoms with Crippen LogP contribution in [0.4, 0.5) is 8.78 Å². The smallest absolute Gasteiger partial charge is 0.387 e. The normalized spacial score (nSPS) is 10.6. The Morgan fingerprint density at radius 1 is 1.25 bits per heavy atom. The molecule has 1 aromatic heterocycles. The number of benzene rings is 1. The second-order valence-electron chi connectivity index (χ2n) is 4.87. The summed E-state index contributed by atoms with van der Waals surface area (Å²) in [6, 6.07) is 5.86. The Balaban J connectivity index is 2.66. The maximum Gasteiger partial charge on any atom is 0.387 e. The van der Waals surface area contributed by atoms with Gasteiger partial charge in [-0.05, 0) is 12.1 Å². The number of aromatic nitrogens is 2. The third-order valence-corrected chi connectivity index (χ3v) is 3.04. The highest BCUT2D eigenvalue weighted by Gasteiger charge is 2.21. The van der Waals surface area contributed by atoms with Crippen molar-refractivity contribution in [1.82, 2.24) is 14.7 Å². The Morgan fingerprint density at radius 2 is 1.92 bits per heavy atom. The molecule has 1 heterocycles. The molecule has 128 valence electrons. The van der Waals surface area contributed by atoms with E-state index in [1.165, 1.54) is 50.5 Å². The number of ether oxygens (including phenoxy) is 2. The zero-order valence-electron chi connectivity index (χ0n) is 13.2. The zero-order chi connectivity index (χ0) is 17.9. The highest BCUT2D eigenvalue weighted by Crippen LogP contribution is 2.24. The number of hydrogen-bond donors (Lipinski definition) is 0. The second kappa shape index (κ2) is 7.07. The zero-order valence-corrected chi connectivity index (χ0v) is 13.2. The second-order valence-corrected chi connectivity index (χ2v) is 4.87. The van der Waals surface area contributed by atoms with Crippen molar-refractivity contribution in [1.29, 1.82) is 0 Å². The highest BCUT2D eigenvalue weighted by molar-refractivity contribution is 5.92. The number of halogens is 2. The molecule has 1 aromatic carbocycles. The summed E-state index contributed by atoms with van der Waals surface area (Å²) in [7, 11) is 4.18. The van der Waals surface area contributed by atoms with E-state index in [1.54, 1.807) is 6.07 Å². The topological polar surface area (TPSA) is 73.7 Å². The maximum absolute atomic E-state index is 12.6. The first-order valence-corrected chi connectivity index (χ1v) is 6.79. The molecule has 2 aromatic rings. The molecule has 0 aliphatic rings. The largest absolute Gasteiger partial charge is 0.491 e. The van der Waals surface area contributed by atoms with E-state index in [2.05, 4.69) is 9.84 Å². The molecular weight excluding hydrogens is 324 g/mol. The van der Waals surface area contributed by atoms with Gasteiger partial charge in [-0.2, -0.15) is 13.9 Å². The molecule has 0 radical (unpaired) electrons. The number of amides is 1. The maximum atomic E-state index is 12.6. The summed E-state index contributed by atoms with van der Waals surface area (Å²) < 4.78 is 35.6. The summed E-state index contributed by atoms with van der Waals surface area (Å²) in [5.41, 5.74) is -0.963. The molecule has 2 rings (SSSR count). The first kappa shape index (κ1) is 17.4. The fraction of sp³-hybridized carbons (Fsp3) is 0.267. The Morgan fingerprint density at radius 3 is 2.50 bits per heavy atom. The molecule has 9 heteroatoms. The van der Waals surface area contributed by atoms with Crippen molar-refractivity contribution in [3.8, 4) is 17.2 Å². The summed E-state index contributed by atoms with van der Waals surface area (Å²) in [5, 5.41) is 3.95. The van der Waals surface area contributed by atoms with Crippen molar-refractivity contribution in [2.45, 2.75) is 6.61 Å². The van der Waals surface area contributed by atoms with E-state index in [0.717, 1.165) is 4.68 Å². The van der Waals surface area contributed by atoms with E-state index < -0.39 is 23.6 Å². The van der Waals surface area contributed by atoms with Crippen molar-refractivity contribution < 1.29 is 23.0 Å². The van der Waals surface area contributed by atoms with E-state index >= 15 is 0 Å². The summed E-state index contributed by atoms with van der Waals surface area (Å²) in [6.07, 6.45) is 1.20. The van der Waals surface area contributed by atoms with Gasteiger partial charge in [-0.25, -0.2) is 4.68 Å². The molecule has 24 heavy (non-hydrogen) atoms. The van der Waals surface area contributed by atoms with Gasteiger partial charge >= 0.3 is 6.61 Å². The van der Waals surface area contributed by atoms with Crippen molar-refractivity contribution in [2.75, 3.05) is 21.2 Å². The van der Waals surface area contributed by atoms with Crippen LogP contribution >= 0.6 is 0 Å². The van der Waals surface area contributed by atoms with Crippen LogP contribution in [0.15, 0.2) is 35.3 Å². The molecule has 0 spiro atoms. The molecule has 0 aliphatic carbocycles. The SMILES string of the molecule is COc1cn(-c2ccccc2OC(F)F)nc(C(=O)N(C)C)c1=O. The molecule has 7 nitrogen and oxygen atoms in total. The van der Waals surface area contributed by atoms with Gasteiger partial charge in [0.2, 0.25) is 0 Å². The summed E-state index contributed by atoms with van der Waals surface area (Å²) >= 11 is 0. The van der Waals surface area contributed by atoms with Crippen LogP contribution in [0.25, 0.3) is 5.69 Å². The average Bonchev–Trinajstić information content (AvgIpc) is 2.54. The summed E-state index contributed by atoms with van der Waals surface area (Å²) in [6.45, 7) is -3.03. The molecule has 1 amide bonds. The highest BCUT2D eigenvalue weighted by atomic mass is 19.3. The quantitative estimate of drug-likeness (QED) is 0.826. The first-order valence-electron chi connectivity index (χ1n) is 6.79. The Hall–Kier alpha value is -2.97. The lowest BCUT2D eigenvalue weighted by molar-refractivity contribution is -0.0499. The minimum Gasteiger partial charge on any atom is -0.491 e. The van der Waals surface area contributed by atoms with E-state index in [4.69, 9.17) is 4.74 Å². The van der Waals surface area contributed by atoms with Gasteiger partial charge in [-0.3, -0.25) is 9.59 Å². The van der Waals surface area contributed by atoms with Gasteiger partial charge in [0, 0.05) is 14.1 Å². The van der Waals surface area contributed by atoms with Gasteiger partial charge in [0.15, 0.2) is 17.2 Å². The number of carbonyl (C=O) groups excluding carboxylic acids is 1. The lowest BCUT2D eigenvalue weighted by Gasteiger charge is -2.15. The molecule has 0 bridgehead atoms. The number of carbonyl (C=O) groups is 1. The first-order chi connectivity index (χ1) is 11.3. The van der Waals surface area contributed by atoms with Gasteiger partial charge in [0.05, 0.1) is 13.3 Å². The predicted octanol–water partition coefficient (Wildman–Crippen LogP) is 1.54. The lowest BCUT2D eigenvalue weighted by Crippen LogP contribution is -2.31. The Kier molecular flexibility index (Phi) is 5.12. The number of rotatable bonds is 5. The number of para-hydroxylation sites is 2. The minimum absolute atomic E-state index is 0.129. The Labute approximate surface area is 136 Å². The number of alkyl halides is 2. The lowest BCUT2D eigenvalue weighted by atomic mass is 10.3. The summed E-state index contributed by atoms with van der Waals surface area (Å²) in [4.78, 5) is 25.5. The van der Waals surface area contributed by atoms with Crippen LogP contribution in [-0.2, 0) is 0 Å². The fourth-order valence-electron chi connectivity index (χ4n) is 1.93. The number of nitrogens with zero attached hydrogens (tertiary/aromatic N) is 3. The van der Waals surface area contributed by atoms with Gasteiger partial charge in [-0.15, -0.1) is 0 Å². The monoisotopic (exact) mass is 339 g/mol. The van der Waals surface area contributed by atoms with E-state index in [-0.39, 0.29) is 17.2 Å². The predicted molar refractivity (Wildman–Crippen MR) is 81.0 cm³/mol. The Bertz CT molecular complexity index is 806. The third-order valence-electron chi connectivity index (χ3n) is 3.04. The molecule has 0 saturated carbocycles. The minimum atomic E-state index is -3.03. The summed E-state index contributed by atoms with van der Waals surface area (Å²) in [5.74, 6) is -0.948. The van der Waals surface area contributed by atoms with Crippen LogP contribution in [0.5, 0.6) is 11.5 Å². The van der Waals surface area contributed by atoms with Gasteiger partial charge in [-0.1, -0.05) is 12.1 Å². The van der Waals surface area contributed by atoms with Crippen LogP contribution in [0.3, 0.4) is 0 Å². The van der Waals surface area contributed by atoms with E-state index in [9.17, 15) is 18.4 Å². The number of hydrogen-bond acceptors (Lipinski definition) is 5. The van der Waals surface area contributed by atoms with Gasteiger partial charge < -0.3 is 14.4 Å². The van der Waals surface area contributed by atoms with Gasteiger partial charge in [0.25, 0.3) is 11.3 Å². The van der Waals surface area contributed by atoms with Crippen molar-refractivity contribution >= 4 is 5.91 Å². The van der Waals surface area contributed by atoms with Crippen molar-refractivity contribution in [3.05, 3.63) is 46.4 Å². The van der Waals surface area contributed by atoms with Crippen LogP contribution in [0, 0.1) is 0 Å². The number of methoxy groups -OCH3 is 1.